The van der Waals surface area contributed by atoms with E-state index < -0.39 is 5.91 Å². The summed E-state index contributed by atoms with van der Waals surface area (Å²) in [6.07, 6.45) is 2.95. The lowest BCUT2D eigenvalue weighted by molar-refractivity contribution is -0.124. The van der Waals surface area contributed by atoms with Crippen LogP contribution in [0.4, 0.5) is 0 Å². The average molecular weight is 372 g/mol. The van der Waals surface area contributed by atoms with Crippen LogP contribution >= 0.6 is 0 Å². The lowest BCUT2D eigenvalue weighted by Crippen LogP contribution is -2.22. The molecule has 0 spiro atoms. The fourth-order valence-electron chi connectivity index (χ4n) is 3.12. The number of benzene rings is 3. The van der Waals surface area contributed by atoms with Gasteiger partial charge in [-0.25, -0.2) is 5.48 Å². The topological polar surface area (TPSA) is 61.4 Å². The number of amides is 1. The van der Waals surface area contributed by atoms with E-state index in [4.69, 9.17) is 5.21 Å². The van der Waals surface area contributed by atoms with Gasteiger partial charge in [0.1, 0.15) is 0 Å². The van der Waals surface area contributed by atoms with E-state index in [2.05, 4.69) is 53.8 Å². The molecule has 0 bridgehead atoms. The van der Waals surface area contributed by atoms with E-state index in [1.165, 1.54) is 22.8 Å². The maximum atomic E-state index is 11.0. The molecule has 3 aromatic carbocycles. The van der Waals surface area contributed by atoms with Crippen molar-refractivity contribution in [3.63, 3.8) is 0 Å². The first-order valence-electron chi connectivity index (χ1n) is 9.28. The Kier molecular flexibility index (Phi) is 7.13. The Morgan fingerprint density at radius 2 is 1.43 bits per heavy atom. The summed E-state index contributed by atoms with van der Waals surface area (Å²) in [4.78, 5) is 11.0. The number of nitrogens with one attached hydrogen (secondary N) is 2. The average Bonchev–Trinajstić information content (AvgIpc) is 2.77. The Bertz CT molecular complexity index is 851. The first-order chi connectivity index (χ1) is 13.8. The van der Waals surface area contributed by atoms with Crippen molar-refractivity contribution in [2.75, 3.05) is 6.54 Å². The van der Waals surface area contributed by atoms with Crippen LogP contribution in [0.25, 0.3) is 6.08 Å². The van der Waals surface area contributed by atoms with Crippen molar-refractivity contribution in [2.45, 2.75) is 12.5 Å². The quantitative estimate of drug-likeness (QED) is 0.317. The highest BCUT2D eigenvalue weighted by Gasteiger charge is 2.13. The molecule has 0 radical (unpaired) electrons. The Hall–Kier alpha value is -3.21. The number of hydrogen-bond acceptors (Lipinski definition) is 3. The summed E-state index contributed by atoms with van der Waals surface area (Å²) in [5.41, 5.74) is 6.24. The standard InChI is InChI=1S/C24H24N2O2/c27-24(26-28)16-15-19-11-13-20(14-12-19)17-25-18-23(21-7-3-1-4-8-21)22-9-5-2-6-10-22/h1-16,23,25,28H,17-18H2,(H,26,27). The van der Waals surface area contributed by atoms with Crippen LogP contribution in [-0.2, 0) is 11.3 Å². The zero-order chi connectivity index (χ0) is 19.6. The second-order valence-electron chi connectivity index (χ2n) is 6.56. The summed E-state index contributed by atoms with van der Waals surface area (Å²) < 4.78 is 0. The van der Waals surface area contributed by atoms with E-state index >= 15 is 0 Å². The van der Waals surface area contributed by atoms with Crippen LogP contribution < -0.4 is 10.8 Å². The number of carbonyl (C=O) groups is 1. The van der Waals surface area contributed by atoms with Crippen molar-refractivity contribution in [1.82, 2.24) is 10.8 Å². The van der Waals surface area contributed by atoms with Crippen LogP contribution in [0.1, 0.15) is 28.2 Å². The van der Waals surface area contributed by atoms with Gasteiger partial charge in [-0.15, -0.1) is 0 Å². The maximum Gasteiger partial charge on any atom is 0.267 e. The molecule has 3 N–H and O–H groups in total. The van der Waals surface area contributed by atoms with Crippen LogP contribution in [0.2, 0.25) is 0 Å². The third-order valence-corrected chi connectivity index (χ3v) is 4.60. The van der Waals surface area contributed by atoms with E-state index in [9.17, 15) is 4.79 Å². The lowest BCUT2D eigenvalue weighted by atomic mass is 9.91. The number of hydrogen-bond donors (Lipinski definition) is 3. The van der Waals surface area contributed by atoms with Gasteiger partial charge in [-0.1, -0.05) is 84.9 Å². The van der Waals surface area contributed by atoms with Crippen molar-refractivity contribution in [3.05, 3.63) is 113 Å². The number of hydroxylamine groups is 1. The fourth-order valence-corrected chi connectivity index (χ4v) is 3.12. The Morgan fingerprint density at radius 3 is 1.96 bits per heavy atom. The summed E-state index contributed by atoms with van der Waals surface area (Å²) in [5.74, 6) is -0.250. The van der Waals surface area contributed by atoms with Gasteiger partial charge in [0.15, 0.2) is 0 Å². The molecule has 3 rings (SSSR count). The zero-order valence-electron chi connectivity index (χ0n) is 15.6. The lowest BCUT2D eigenvalue weighted by Gasteiger charge is -2.19. The SMILES string of the molecule is O=C(C=Cc1ccc(CNCC(c2ccccc2)c2ccccc2)cc1)NO. The Morgan fingerprint density at radius 1 is 0.857 bits per heavy atom. The molecule has 3 aromatic rings. The second kappa shape index (κ2) is 10.2. The second-order valence-corrected chi connectivity index (χ2v) is 6.56. The van der Waals surface area contributed by atoms with Crippen LogP contribution in [0.3, 0.4) is 0 Å². The molecule has 28 heavy (non-hydrogen) atoms. The molecule has 142 valence electrons. The molecule has 4 heteroatoms. The van der Waals surface area contributed by atoms with Gasteiger partial charge >= 0.3 is 0 Å². The molecule has 0 aliphatic carbocycles. The Balaban J connectivity index is 1.61. The molecule has 4 nitrogen and oxygen atoms in total. The minimum atomic E-state index is -0.543. The zero-order valence-corrected chi connectivity index (χ0v) is 15.6. The molecule has 0 aromatic heterocycles. The van der Waals surface area contributed by atoms with Crippen molar-refractivity contribution in [1.29, 1.82) is 0 Å². The van der Waals surface area contributed by atoms with Gasteiger partial charge in [-0.3, -0.25) is 10.0 Å². The third-order valence-electron chi connectivity index (χ3n) is 4.60. The maximum absolute atomic E-state index is 11.0. The third kappa shape index (κ3) is 5.64. The molecular weight excluding hydrogens is 348 g/mol. The molecule has 0 atom stereocenters. The largest absolute Gasteiger partial charge is 0.312 e. The summed E-state index contributed by atoms with van der Waals surface area (Å²) in [6, 6.07) is 29.0. The molecule has 0 unspecified atom stereocenters. The molecular formula is C24H24N2O2. The predicted molar refractivity (Wildman–Crippen MR) is 112 cm³/mol. The van der Waals surface area contributed by atoms with Gasteiger partial charge in [-0.2, -0.15) is 0 Å². The molecule has 0 heterocycles. The molecule has 0 aliphatic rings. The van der Waals surface area contributed by atoms with E-state index in [1.54, 1.807) is 11.6 Å². The Labute approximate surface area is 165 Å². The van der Waals surface area contributed by atoms with Crippen LogP contribution in [0.15, 0.2) is 91.0 Å². The van der Waals surface area contributed by atoms with Gasteiger partial charge in [0.2, 0.25) is 0 Å². The summed E-state index contributed by atoms with van der Waals surface area (Å²) in [5, 5.41) is 12.1. The fraction of sp³-hybridized carbons (Fsp3) is 0.125. The van der Waals surface area contributed by atoms with Gasteiger partial charge < -0.3 is 5.32 Å². The number of rotatable bonds is 8. The van der Waals surface area contributed by atoms with Crippen molar-refractivity contribution >= 4 is 12.0 Å². The highest BCUT2D eigenvalue weighted by atomic mass is 16.5. The minimum absolute atomic E-state index is 0.293. The van der Waals surface area contributed by atoms with Gasteiger partial charge in [0, 0.05) is 25.1 Å². The highest BCUT2D eigenvalue weighted by Crippen LogP contribution is 2.23. The number of carbonyl (C=O) groups excluding carboxylic acids is 1. The van der Waals surface area contributed by atoms with E-state index in [-0.39, 0.29) is 0 Å². The summed E-state index contributed by atoms with van der Waals surface area (Å²) in [6.45, 7) is 1.60. The van der Waals surface area contributed by atoms with Crippen LogP contribution in [0.5, 0.6) is 0 Å². The monoisotopic (exact) mass is 372 g/mol. The molecule has 0 fully saturated rings. The summed E-state index contributed by atoms with van der Waals surface area (Å²) in [7, 11) is 0. The van der Waals surface area contributed by atoms with Gasteiger partial charge in [-0.05, 0) is 28.3 Å². The molecule has 0 saturated heterocycles. The van der Waals surface area contributed by atoms with Crippen LogP contribution in [-0.4, -0.2) is 17.7 Å². The smallest absolute Gasteiger partial charge is 0.267 e. The predicted octanol–water partition coefficient (Wildman–Crippen LogP) is 4.13. The minimum Gasteiger partial charge on any atom is -0.312 e. The molecule has 0 aliphatic heterocycles. The summed E-state index contributed by atoms with van der Waals surface area (Å²) >= 11 is 0. The molecule has 1 amide bonds. The highest BCUT2D eigenvalue weighted by molar-refractivity contribution is 5.90. The van der Waals surface area contributed by atoms with E-state index in [0.29, 0.717) is 5.92 Å². The van der Waals surface area contributed by atoms with Crippen molar-refractivity contribution in [2.24, 2.45) is 0 Å². The van der Waals surface area contributed by atoms with Crippen LogP contribution in [0, 0.1) is 0 Å². The van der Waals surface area contributed by atoms with Gasteiger partial charge in [0.05, 0.1) is 0 Å². The van der Waals surface area contributed by atoms with Gasteiger partial charge in [0.25, 0.3) is 5.91 Å². The van der Waals surface area contributed by atoms with E-state index in [0.717, 1.165) is 18.7 Å². The molecule has 0 saturated carbocycles. The first kappa shape index (κ1) is 19.5. The van der Waals surface area contributed by atoms with Crippen molar-refractivity contribution < 1.29 is 10.0 Å². The first-order valence-corrected chi connectivity index (χ1v) is 9.28. The normalized spacial score (nSPS) is 11.1. The van der Waals surface area contributed by atoms with E-state index in [1.807, 2.05) is 36.4 Å². The van der Waals surface area contributed by atoms with Crippen molar-refractivity contribution in [3.8, 4) is 0 Å².